The summed E-state index contributed by atoms with van der Waals surface area (Å²) in [6, 6.07) is 6.87. The molecule has 4 fully saturated rings. The first-order chi connectivity index (χ1) is 30.9. The van der Waals surface area contributed by atoms with Crippen LogP contribution in [0, 0.1) is 5.92 Å². The monoisotopic (exact) mass is 885 g/mol. The lowest BCUT2D eigenvalue weighted by Gasteiger charge is -2.36. The van der Waals surface area contributed by atoms with Gasteiger partial charge in [0.05, 0.1) is 47.3 Å². The molecule has 1 saturated carbocycles. The fraction of sp³-hybridized carbons (Fsp3) is 0.578. The van der Waals surface area contributed by atoms with Gasteiger partial charge in [-0.05, 0) is 95.2 Å². The number of piperidine rings is 2. The highest BCUT2D eigenvalue weighted by atomic mass is 19.3. The Balaban J connectivity index is 0.732. The normalized spacial score (nSPS) is 24.0. The summed E-state index contributed by atoms with van der Waals surface area (Å²) in [5, 5.41) is 13.6. The number of imide groups is 1. The Kier molecular flexibility index (Phi) is 12.6. The Labute approximate surface area is 369 Å². The van der Waals surface area contributed by atoms with E-state index in [9.17, 15) is 28.0 Å². The average molecular weight is 886 g/mol. The lowest BCUT2D eigenvalue weighted by atomic mass is 9.85. The lowest BCUT2D eigenvalue weighted by Crippen LogP contribution is -2.45. The zero-order chi connectivity index (χ0) is 44.6. The number of halogens is 2. The van der Waals surface area contributed by atoms with Gasteiger partial charge >= 0.3 is 5.69 Å². The zero-order valence-electron chi connectivity index (χ0n) is 36.6. The molecule has 4 aromatic heterocycles. The maximum absolute atomic E-state index is 14.3. The number of nitrogens with one attached hydrogen (secondary N) is 2. The topological polar surface area (TPSA) is 175 Å². The van der Waals surface area contributed by atoms with Gasteiger partial charge in [0.25, 0.3) is 12.3 Å². The lowest BCUT2D eigenvalue weighted by molar-refractivity contribution is -0.135. The molecule has 0 spiro atoms. The molecule has 1 aromatic carbocycles. The van der Waals surface area contributed by atoms with Crippen molar-refractivity contribution in [2.24, 2.45) is 13.0 Å². The van der Waals surface area contributed by atoms with Gasteiger partial charge in [0, 0.05) is 65.2 Å². The second-order valence-electron chi connectivity index (χ2n) is 18.0. The molecular formula is C45H57F2N11O6. The van der Waals surface area contributed by atoms with Crippen molar-refractivity contribution in [3.05, 3.63) is 70.2 Å². The Morgan fingerprint density at radius 2 is 1.78 bits per heavy atom. The van der Waals surface area contributed by atoms with E-state index in [1.165, 1.54) is 15.3 Å². The van der Waals surface area contributed by atoms with E-state index < -0.39 is 30.0 Å². The number of morpholine rings is 1. The number of likely N-dealkylation sites (tertiary alicyclic amines) is 1. The summed E-state index contributed by atoms with van der Waals surface area (Å²) in [6.07, 6.45) is 9.50. The van der Waals surface area contributed by atoms with Crippen LogP contribution in [0.1, 0.15) is 112 Å². The Morgan fingerprint density at radius 3 is 2.52 bits per heavy atom. The third kappa shape index (κ3) is 9.06. The molecule has 4 aliphatic rings. The standard InChI is InChI=1S/C45H57F2N11O6/c1-27-23-55(24-28(2)64-27)37-17-20-56-42(50-37)33(22-48-56)43(60)49-34-26-57(52-39(34)41(46)47)31-11-9-29(10-12-31)25-54-18-15-32(16-19-54)63-21-5-7-30-6-4-8-35-40(30)53(3)45(62)58(35)36-13-14-38(59)51-44(36)61/h4,6,8,17,20,22,26-29,31-32,36,41H,5,7,9-16,18-19,21,23-25H2,1-3H3,(H,49,60)(H,51,59,61)/t27-,28-,29?,31?,36?/m0/s1. The van der Waals surface area contributed by atoms with Crippen molar-refractivity contribution in [3.8, 4) is 0 Å². The number of ether oxygens (including phenoxy) is 2. The van der Waals surface area contributed by atoms with Crippen molar-refractivity contribution >= 4 is 45.9 Å². The summed E-state index contributed by atoms with van der Waals surface area (Å²) < 4.78 is 47.1. The van der Waals surface area contributed by atoms with E-state index >= 15 is 0 Å². The number of nitrogens with zero attached hydrogens (tertiary/aromatic N) is 9. The number of hydrogen-bond donors (Lipinski definition) is 2. The van der Waals surface area contributed by atoms with Gasteiger partial charge < -0.3 is 24.6 Å². The van der Waals surface area contributed by atoms with Gasteiger partial charge in [-0.25, -0.2) is 23.1 Å². The summed E-state index contributed by atoms with van der Waals surface area (Å²) in [6.45, 7) is 8.81. The van der Waals surface area contributed by atoms with Crippen molar-refractivity contribution in [3.63, 3.8) is 0 Å². The molecule has 5 aromatic rings. The molecule has 3 amide bonds. The van der Waals surface area contributed by atoms with E-state index in [1.807, 2.05) is 38.1 Å². The van der Waals surface area contributed by atoms with Crippen LogP contribution in [-0.4, -0.2) is 114 Å². The largest absolute Gasteiger partial charge is 0.378 e. The number of anilines is 2. The van der Waals surface area contributed by atoms with Crippen molar-refractivity contribution in [1.29, 1.82) is 0 Å². The minimum Gasteiger partial charge on any atom is -0.378 e. The smallest absolute Gasteiger partial charge is 0.329 e. The Bertz CT molecular complexity index is 2560. The average Bonchev–Trinajstić information content (AvgIpc) is 3.97. The number of carbonyl (C=O) groups excluding carboxylic acids is 3. The van der Waals surface area contributed by atoms with Crippen LogP contribution in [-0.2, 0) is 32.5 Å². The van der Waals surface area contributed by atoms with Crippen LogP contribution in [0.15, 0.2) is 47.7 Å². The van der Waals surface area contributed by atoms with Crippen LogP contribution >= 0.6 is 0 Å². The molecule has 9 rings (SSSR count). The molecule has 0 bridgehead atoms. The fourth-order valence-corrected chi connectivity index (χ4v) is 10.3. The second-order valence-corrected chi connectivity index (χ2v) is 18.0. The van der Waals surface area contributed by atoms with E-state index in [-0.39, 0.29) is 53.6 Å². The van der Waals surface area contributed by atoms with Gasteiger partial charge in [-0.2, -0.15) is 10.2 Å². The quantitative estimate of drug-likeness (QED) is 0.117. The molecule has 342 valence electrons. The van der Waals surface area contributed by atoms with Crippen molar-refractivity contribution in [1.82, 2.24) is 43.7 Å². The van der Waals surface area contributed by atoms with E-state index in [4.69, 9.17) is 14.5 Å². The number of imidazole rings is 1. The first kappa shape index (κ1) is 43.7. The second kappa shape index (κ2) is 18.5. The maximum atomic E-state index is 14.3. The predicted molar refractivity (Wildman–Crippen MR) is 234 cm³/mol. The minimum atomic E-state index is -2.86. The molecular weight excluding hydrogens is 829 g/mol. The molecule has 2 N–H and O–H groups in total. The number of rotatable bonds is 13. The molecule has 0 radical (unpaired) electrons. The number of aryl methyl sites for hydroxylation is 2. The summed E-state index contributed by atoms with van der Waals surface area (Å²) in [7, 11) is 1.72. The van der Waals surface area contributed by atoms with E-state index in [0.717, 1.165) is 82.1 Å². The highest BCUT2D eigenvalue weighted by Crippen LogP contribution is 2.36. The van der Waals surface area contributed by atoms with Gasteiger partial charge in [0.15, 0.2) is 11.3 Å². The van der Waals surface area contributed by atoms with Crippen LogP contribution in [0.4, 0.5) is 20.3 Å². The van der Waals surface area contributed by atoms with Crippen LogP contribution in [0.3, 0.4) is 0 Å². The van der Waals surface area contributed by atoms with Crippen molar-refractivity contribution in [2.45, 2.75) is 115 Å². The molecule has 7 heterocycles. The van der Waals surface area contributed by atoms with Crippen LogP contribution in [0.2, 0.25) is 0 Å². The number of aromatic nitrogens is 7. The van der Waals surface area contributed by atoms with Gasteiger partial charge in [-0.3, -0.25) is 33.5 Å². The molecule has 3 atom stereocenters. The summed E-state index contributed by atoms with van der Waals surface area (Å²) in [4.78, 5) is 60.6. The van der Waals surface area contributed by atoms with Gasteiger partial charge in [-0.1, -0.05) is 12.1 Å². The van der Waals surface area contributed by atoms with Gasteiger partial charge in [0.1, 0.15) is 17.4 Å². The number of hydrogen-bond acceptors (Lipinski definition) is 11. The summed E-state index contributed by atoms with van der Waals surface area (Å²) in [5.41, 5.74) is 2.30. The van der Waals surface area contributed by atoms with Crippen LogP contribution in [0.5, 0.6) is 0 Å². The molecule has 17 nitrogen and oxygen atoms in total. The van der Waals surface area contributed by atoms with E-state index in [2.05, 4.69) is 30.6 Å². The summed E-state index contributed by atoms with van der Waals surface area (Å²) in [5.74, 6) is -0.147. The highest BCUT2D eigenvalue weighted by Gasteiger charge is 2.33. The first-order valence-corrected chi connectivity index (χ1v) is 22.7. The number of fused-ring (bicyclic) bond motifs is 2. The molecule has 19 heteroatoms. The molecule has 3 saturated heterocycles. The first-order valence-electron chi connectivity index (χ1n) is 22.7. The van der Waals surface area contributed by atoms with Crippen molar-refractivity contribution < 1.29 is 32.6 Å². The highest BCUT2D eigenvalue weighted by molar-refractivity contribution is 6.08. The molecule has 3 aliphatic heterocycles. The van der Waals surface area contributed by atoms with Crippen molar-refractivity contribution in [2.75, 3.05) is 49.5 Å². The van der Waals surface area contributed by atoms with Gasteiger partial charge in [-0.15, -0.1) is 0 Å². The number of benzene rings is 1. The predicted octanol–water partition coefficient (Wildman–Crippen LogP) is 5.21. The Hall–Kier alpha value is -5.53. The summed E-state index contributed by atoms with van der Waals surface area (Å²) >= 11 is 0. The minimum absolute atomic E-state index is 0.00964. The van der Waals surface area contributed by atoms with Crippen LogP contribution < -0.4 is 21.2 Å². The van der Waals surface area contributed by atoms with Crippen LogP contribution in [0.25, 0.3) is 16.7 Å². The third-order valence-electron chi connectivity index (χ3n) is 13.5. The zero-order valence-corrected chi connectivity index (χ0v) is 36.6. The van der Waals surface area contributed by atoms with E-state index in [1.54, 1.807) is 28.7 Å². The molecule has 1 unspecified atom stereocenters. The number of para-hydroxylation sites is 1. The molecule has 64 heavy (non-hydrogen) atoms. The van der Waals surface area contributed by atoms with Gasteiger partial charge in [0.2, 0.25) is 11.8 Å². The Morgan fingerprint density at radius 1 is 1.02 bits per heavy atom. The maximum Gasteiger partial charge on any atom is 0.329 e. The van der Waals surface area contributed by atoms with E-state index in [0.29, 0.717) is 49.0 Å². The third-order valence-corrected chi connectivity index (χ3v) is 13.5. The fourth-order valence-electron chi connectivity index (χ4n) is 10.3. The number of carbonyl (C=O) groups is 3. The molecule has 1 aliphatic carbocycles. The number of alkyl halides is 2. The SMILES string of the molecule is C[C@H]1CN(c2ccn3ncc(C(=O)Nc4cn(C5CCC(CN6CCC(OCCCc7cccc8c7n(C)c(=O)n8C7CCC(=O)NC7=O)CC6)CC5)nc4C(F)F)c3n2)C[C@H](C)O1. The number of amides is 3.